The van der Waals surface area contributed by atoms with Crippen molar-refractivity contribution in [1.82, 2.24) is 9.80 Å². The van der Waals surface area contributed by atoms with Gasteiger partial charge in [-0.1, -0.05) is 23.7 Å². The molecule has 2 N–H and O–H groups in total. The zero-order valence-electron chi connectivity index (χ0n) is 20.2. The zero-order valence-corrected chi connectivity index (χ0v) is 21.0. The number of hydrogen-bond acceptors (Lipinski definition) is 4. The summed E-state index contributed by atoms with van der Waals surface area (Å²) in [5.74, 6) is -1.37. The SMILES string of the molecule is O=C(/C=C/c1cc(F)cc(F)c1)N1CCC(C(O)CN2CCC3(CC2)CNc2c(Cl)cccc23)CC1. The van der Waals surface area contributed by atoms with Gasteiger partial charge in [-0.05, 0) is 80.1 Å². The number of carbonyl (C=O) groups is 1. The fraction of sp³-hybridized carbons (Fsp3) is 0.464. The van der Waals surface area contributed by atoms with Crippen molar-refractivity contribution < 1.29 is 18.7 Å². The molecule has 0 aromatic heterocycles. The minimum absolute atomic E-state index is 0.123. The molecule has 1 spiro atoms. The molecule has 0 aliphatic carbocycles. The topological polar surface area (TPSA) is 55.8 Å². The van der Waals surface area contributed by atoms with E-state index in [9.17, 15) is 18.7 Å². The van der Waals surface area contributed by atoms with Gasteiger partial charge in [0.15, 0.2) is 0 Å². The lowest BCUT2D eigenvalue weighted by atomic mass is 9.74. The lowest BCUT2D eigenvalue weighted by Crippen LogP contribution is -2.48. The van der Waals surface area contributed by atoms with Gasteiger partial charge in [0.25, 0.3) is 0 Å². The maximum absolute atomic E-state index is 13.3. The number of nitrogens with one attached hydrogen (secondary N) is 1. The van der Waals surface area contributed by atoms with Crippen LogP contribution in [0.2, 0.25) is 5.02 Å². The first-order chi connectivity index (χ1) is 17.3. The zero-order chi connectivity index (χ0) is 25.3. The molecule has 2 aromatic carbocycles. The predicted molar refractivity (Wildman–Crippen MR) is 138 cm³/mol. The molecule has 1 unspecified atom stereocenters. The number of benzene rings is 2. The van der Waals surface area contributed by atoms with E-state index < -0.39 is 17.7 Å². The number of para-hydroxylation sites is 1. The molecule has 0 radical (unpaired) electrons. The van der Waals surface area contributed by atoms with E-state index in [0.717, 1.165) is 62.1 Å². The van der Waals surface area contributed by atoms with E-state index in [4.69, 9.17) is 11.6 Å². The van der Waals surface area contributed by atoms with Crippen molar-refractivity contribution in [3.63, 3.8) is 0 Å². The third kappa shape index (κ3) is 5.29. The number of rotatable bonds is 5. The fourth-order valence-corrected chi connectivity index (χ4v) is 6.21. The summed E-state index contributed by atoms with van der Waals surface area (Å²) in [4.78, 5) is 16.6. The molecule has 3 heterocycles. The van der Waals surface area contributed by atoms with Gasteiger partial charge in [0.1, 0.15) is 11.6 Å². The smallest absolute Gasteiger partial charge is 0.246 e. The number of aliphatic hydroxyl groups is 1. The number of piperidine rings is 2. The number of β-amino-alcohol motifs (C(OH)–C–C–N with tert-alkyl or cyclic N) is 1. The van der Waals surface area contributed by atoms with Gasteiger partial charge in [-0.3, -0.25) is 4.79 Å². The molecule has 3 aliphatic rings. The number of nitrogens with zero attached hydrogens (tertiary/aromatic N) is 2. The summed E-state index contributed by atoms with van der Waals surface area (Å²) in [7, 11) is 0. The van der Waals surface area contributed by atoms with Crippen LogP contribution in [0.4, 0.5) is 14.5 Å². The van der Waals surface area contributed by atoms with Crippen LogP contribution < -0.4 is 5.32 Å². The molecular weight excluding hydrogens is 484 g/mol. The second kappa shape index (κ2) is 10.5. The highest BCUT2D eigenvalue weighted by atomic mass is 35.5. The molecule has 36 heavy (non-hydrogen) atoms. The first-order valence-corrected chi connectivity index (χ1v) is 13.1. The molecule has 2 saturated heterocycles. The largest absolute Gasteiger partial charge is 0.392 e. The van der Waals surface area contributed by atoms with E-state index in [1.165, 1.54) is 29.8 Å². The van der Waals surface area contributed by atoms with Crippen LogP contribution in [0.3, 0.4) is 0 Å². The maximum Gasteiger partial charge on any atom is 0.246 e. The summed E-state index contributed by atoms with van der Waals surface area (Å²) in [6.07, 6.45) is 5.92. The maximum atomic E-state index is 13.3. The normalized spacial score (nSPS) is 21.1. The van der Waals surface area contributed by atoms with Gasteiger partial charge < -0.3 is 20.2 Å². The highest BCUT2D eigenvalue weighted by molar-refractivity contribution is 6.33. The Morgan fingerprint density at radius 1 is 1.14 bits per heavy atom. The highest BCUT2D eigenvalue weighted by Crippen LogP contribution is 2.46. The number of amides is 1. The van der Waals surface area contributed by atoms with E-state index in [2.05, 4.69) is 16.3 Å². The molecule has 192 valence electrons. The summed E-state index contributed by atoms with van der Waals surface area (Å²) in [5, 5.41) is 15.2. The molecule has 2 aromatic rings. The standard InChI is InChI=1S/C28H32ClF2N3O2/c29-24-3-1-2-23-27(24)32-18-28(23)8-12-33(13-9-28)17-25(35)20-6-10-34(11-7-20)26(36)5-4-19-14-21(30)16-22(31)15-19/h1-5,14-16,20,25,32,35H,6-13,17-18H2/b5-4+. The third-order valence-electron chi connectivity index (χ3n) is 8.15. The van der Waals surface area contributed by atoms with E-state index in [0.29, 0.717) is 25.2 Å². The number of aliphatic hydroxyl groups excluding tert-OH is 1. The first kappa shape index (κ1) is 25.2. The van der Waals surface area contributed by atoms with Crippen LogP contribution in [-0.4, -0.2) is 66.2 Å². The van der Waals surface area contributed by atoms with Crippen LogP contribution in [0.5, 0.6) is 0 Å². The van der Waals surface area contributed by atoms with Gasteiger partial charge in [0, 0.05) is 43.7 Å². The number of hydrogen-bond donors (Lipinski definition) is 2. The van der Waals surface area contributed by atoms with Crippen molar-refractivity contribution in [3.05, 3.63) is 70.3 Å². The summed E-state index contributed by atoms with van der Waals surface area (Å²) >= 11 is 6.38. The fourth-order valence-electron chi connectivity index (χ4n) is 5.97. The minimum Gasteiger partial charge on any atom is -0.392 e. The Labute approximate surface area is 215 Å². The van der Waals surface area contributed by atoms with Crippen molar-refractivity contribution in [2.45, 2.75) is 37.2 Å². The number of likely N-dealkylation sites (tertiary alicyclic amines) is 2. The summed E-state index contributed by atoms with van der Waals surface area (Å²) in [5.41, 5.74) is 2.84. The average Bonchev–Trinajstić information content (AvgIpc) is 3.23. The van der Waals surface area contributed by atoms with Gasteiger partial charge in [-0.25, -0.2) is 8.78 Å². The molecule has 0 bridgehead atoms. The number of anilines is 1. The summed E-state index contributed by atoms with van der Waals surface area (Å²) in [6, 6.07) is 9.33. The molecular formula is C28H32ClF2N3O2. The average molecular weight is 516 g/mol. The van der Waals surface area contributed by atoms with Crippen LogP contribution in [0.25, 0.3) is 6.08 Å². The van der Waals surface area contributed by atoms with Crippen molar-refractivity contribution >= 4 is 29.3 Å². The molecule has 5 rings (SSSR count). The number of halogens is 3. The Hall–Kier alpha value is -2.48. The molecule has 1 atom stereocenters. The predicted octanol–water partition coefficient (Wildman–Crippen LogP) is 4.69. The molecule has 3 aliphatic heterocycles. The number of carbonyl (C=O) groups excluding carboxylic acids is 1. The van der Waals surface area contributed by atoms with E-state index in [1.807, 2.05) is 12.1 Å². The van der Waals surface area contributed by atoms with Gasteiger partial charge in [-0.15, -0.1) is 0 Å². The van der Waals surface area contributed by atoms with E-state index >= 15 is 0 Å². The Morgan fingerprint density at radius 2 is 1.83 bits per heavy atom. The lowest BCUT2D eigenvalue weighted by Gasteiger charge is -2.41. The van der Waals surface area contributed by atoms with E-state index in [1.54, 1.807) is 4.90 Å². The molecule has 0 saturated carbocycles. The molecule has 1 amide bonds. The van der Waals surface area contributed by atoms with Gasteiger partial charge >= 0.3 is 0 Å². The van der Waals surface area contributed by atoms with Gasteiger partial charge in [-0.2, -0.15) is 0 Å². The summed E-state index contributed by atoms with van der Waals surface area (Å²) < 4.78 is 26.7. The summed E-state index contributed by atoms with van der Waals surface area (Å²) in [6.45, 7) is 4.57. The lowest BCUT2D eigenvalue weighted by molar-refractivity contribution is -0.128. The second-order valence-corrected chi connectivity index (χ2v) is 10.8. The Balaban J connectivity index is 1.09. The van der Waals surface area contributed by atoms with Crippen molar-refractivity contribution in [3.8, 4) is 0 Å². The Kier molecular flexibility index (Phi) is 7.33. The van der Waals surface area contributed by atoms with Crippen molar-refractivity contribution in [2.24, 2.45) is 5.92 Å². The third-order valence-corrected chi connectivity index (χ3v) is 8.46. The van der Waals surface area contributed by atoms with Crippen LogP contribution in [-0.2, 0) is 10.2 Å². The van der Waals surface area contributed by atoms with Crippen LogP contribution >= 0.6 is 11.6 Å². The van der Waals surface area contributed by atoms with Crippen LogP contribution in [0.1, 0.15) is 36.8 Å². The van der Waals surface area contributed by atoms with Crippen LogP contribution in [0.15, 0.2) is 42.5 Å². The minimum atomic E-state index is -0.671. The molecule has 5 nitrogen and oxygen atoms in total. The van der Waals surface area contributed by atoms with Crippen molar-refractivity contribution in [1.29, 1.82) is 0 Å². The van der Waals surface area contributed by atoms with Crippen molar-refractivity contribution in [2.75, 3.05) is 44.6 Å². The molecule has 2 fully saturated rings. The number of fused-ring (bicyclic) bond motifs is 2. The Bertz CT molecular complexity index is 1120. The second-order valence-electron chi connectivity index (χ2n) is 10.4. The van der Waals surface area contributed by atoms with Crippen LogP contribution in [0, 0.1) is 17.6 Å². The monoisotopic (exact) mass is 515 g/mol. The van der Waals surface area contributed by atoms with E-state index in [-0.39, 0.29) is 17.2 Å². The highest BCUT2D eigenvalue weighted by Gasteiger charge is 2.42. The molecule has 8 heteroatoms. The van der Waals surface area contributed by atoms with Gasteiger partial charge in [0.2, 0.25) is 5.91 Å². The quantitative estimate of drug-likeness (QED) is 0.567. The Morgan fingerprint density at radius 3 is 2.53 bits per heavy atom. The first-order valence-electron chi connectivity index (χ1n) is 12.7. The van der Waals surface area contributed by atoms with Gasteiger partial charge in [0.05, 0.1) is 16.8 Å².